The van der Waals surface area contributed by atoms with Crippen LogP contribution in [0, 0.1) is 0 Å². The van der Waals surface area contributed by atoms with E-state index >= 15 is 0 Å². The zero-order chi connectivity index (χ0) is 12.1. The minimum atomic E-state index is -0.160. The summed E-state index contributed by atoms with van der Waals surface area (Å²) in [5, 5.41) is 4.93. The molecular weight excluding hydrogens is 250 g/mol. The molecule has 1 aromatic heterocycles. The topological polar surface area (TPSA) is 29.1 Å². The molecule has 1 aromatic carbocycles. The van der Waals surface area contributed by atoms with Crippen molar-refractivity contribution in [1.29, 1.82) is 0 Å². The summed E-state index contributed by atoms with van der Waals surface area (Å²) >= 11 is 5.85. The van der Waals surface area contributed by atoms with Gasteiger partial charge in [-0.1, -0.05) is 24.3 Å². The minimum Gasteiger partial charge on any atom is -0.373 e. The van der Waals surface area contributed by atoms with Gasteiger partial charge in [0.15, 0.2) is 5.78 Å². The number of para-hydroxylation sites is 1. The molecule has 2 aromatic rings. The second-order valence-corrected chi connectivity index (χ2v) is 5.20. The number of thiophene rings is 1. The van der Waals surface area contributed by atoms with Gasteiger partial charge in [0.05, 0.1) is 10.3 Å². The second kappa shape index (κ2) is 5.89. The number of thiol groups is 1. The van der Waals surface area contributed by atoms with Crippen molar-refractivity contribution in [3.05, 3.63) is 52.7 Å². The van der Waals surface area contributed by atoms with E-state index in [2.05, 4.69) is 17.9 Å². The van der Waals surface area contributed by atoms with E-state index in [1.165, 1.54) is 11.3 Å². The van der Waals surface area contributed by atoms with Crippen LogP contribution in [0.3, 0.4) is 0 Å². The average Bonchev–Trinajstić information content (AvgIpc) is 2.83. The van der Waals surface area contributed by atoms with Gasteiger partial charge in [-0.25, -0.2) is 0 Å². The van der Waals surface area contributed by atoms with Crippen molar-refractivity contribution in [2.45, 2.75) is 11.8 Å². The Bertz CT molecular complexity index is 467. The predicted molar refractivity (Wildman–Crippen MR) is 76.1 cm³/mol. The summed E-state index contributed by atoms with van der Waals surface area (Å²) in [6.45, 7) is 0. The summed E-state index contributed by atoms with van der Waals surface area (Å²) in [6.07, 6.45) is 0.387. The highest BCUT2D eigenvalue weighted by Gasteiger charge is 2.12. The fourth-order valence-electron chi connectivity index (χ4n) is 1.49. The van der Waals surface area contributed by atoms with Crippen LogP contribution < -0.4 is 5.32 Å². The molecule has 88 valence electrons. The van der Waals surface area contributed by atoms with Crippen LogP contribution in [0.25, 0.3) is 0 Å². The molecule has 0 saturated heterocycles. The summed E-state index contributed by atoms with van der Waals surface area (Å²) < 4.78 is 0. The number of nitrogens with one attached hydrogen (secondary N) is 1. The molecule has 0 saturated carbocycles. The Kier molecular flexibility index (Phi) is 4.23. The minimum absolute atomic E-state index is 0.128. The van der Waals surface area contributed by atoms with Gasteiger partial charge in [-0.2, -0.15) is 12.6 Å². The SMILES string of the molecule is O=C(CC(S)Nc1ccccc1)c1cccs1. The summed E-state index contributed by atoms with van der Waals surface area (Å²) in [5.74, 6) is 0.128. The molecule has 0 fully saturated rings. The fraction of sp³-hybridized carbons (Fsp3) is 0.154. The number of Topliss-reactive ketones (excluding diaryl/α,β-unsaturated/α-hetero) is 1. The zero-order valence-corrected chi connectivity index (χ0v) is 10.9. The first-order valence-electron chi connectivity index (χ1n) is 5.32. The number of carbonyl (C=O) groups is 1. The Morgan fingerprint density at radius 2 is 2.00 bits per heavy atom. The average molecular weight is 263 g/mol. The number of rotatable bonds is 5. The maximum Gasteiger partial charge on any atom is 0.175 e. The summed E-state index contributed by atoms with van der Waals surface area (Å²) in [6, 6.07) is 13.5. The number of ketones is 1. The summed E-state index contributed by atoms with van der Waals surface area (Å²) in [4.78, 5) is 12.6. The van der Waals surface area contributed by atoms with Crippen LogP contribution in [-0.2, 0) is 0 Å². The fourth-order valence-corrected chi connectivity index (χ4v) is 2.48. The largest absolute Gasteiger partial charge is 0.373 e. The summed E-state index contributed by atoms with van der Waals surface area (Å²) in [5.41, 5.74) is 0.978. The third kappa shape index (κ3) is 3.61. The van der Waals surface area contributed by atoms with Gasteiger partial charge < -0.3 is 5.32 Å². The molecule has 0 aliphatic carbocycles. The highest BCUT2D eigenvalue weighted by atomic mass is 32.1. The van der Waals surface area contributed by atoms with Crippen molar-refractivity contribution in [3.8, 4) is 0 Å². The highest BCUT2D eigenvalue weighted by Crippen LogP contribution is 2.16. The van der Waals surface area contributed by atoms with E-state index in [0.29, 0.717) is 6.42 Å². The molecule has 4 heteroatoms. The molecule has 2 nitrogen and oxygen atoms in total. The van der Waals surface area contributed by atoms with E-state index in [1.54, 1.807) is 0 Å². The van der Waals surface area contributed by atoms with Gasteiger partial charge in [0, 0.05) is 12.1 Å². The van der Waals surface area contributed by atoms with Crippen LogP contribution in [0.15, 0.2) is 47.8 Å². The molecular formula is C13H13NOS2. The third-order valence-electron chi connectivity index (χ3n) is 2.28. The molecule has 0 amide bonds. The molecule has 1 N–H and O–H groups in total. The first-order chi connectivity index (χ1) is 8.25. The Morgan fingerprint density at radius 3 is 2.65 bits per heavy atom. The van der Waals surface area contributed by atoms with E-state index in [1.807, 2.05) is 47.8 Å². The molecule has 1 atom stereocenters. The second-order valence-electron chi connectivity index (χ2n) is 3.63. The number of carbonyl (C=O) groups excluding carboxylic acids is 1. The maximum absolute atomic E-state index is 11.8. The molecule has 17 heavy (non-hydrogen) atoms. The molecule has 1 unspecified atom stereocenters. The van der Waals surface area contributed by atoms with E-state index < -0.39 is 0 Å². The Hall–Kier alpha value is -1.26. The maximum atomic E-state index is 11.8. The van der Waals surface area contributed by atoms with Crippen molar-refractivity contribution >= 4 is 35.4 Å². The van der Waals surface area contributed by atoms with Gasteiger partial charge in [-0.3, -0.25) is 4.79 Å². The van der Waals surface area contributed by atoms with Gasteiger partial charge in [0.25, 0.3) is 0 Å². The van der Waals surface area contributed by atoms with E-state index in [-0.39, 0.29) is 11.2 Å². The molecule has 0 radical (unpaired) electrons. The zero-order valence-electron chi connectivity index (χ0n) is 9.17. The van der Waals surface area contributed by atoms with Crippen molar-refractivity contribution in [3.63, 3.8) is 0 Å². The lowest BCUT2D eigenvalue weighted by Gasteiger charge is -2.13. The molecule has 0 spiro atoms. The van der Waals surface area contributed by atoms with Crippen molar-refractivity contribution in [1.82, 2.24) is 0 Å². The lowest BCUT2D eigenvalue weighted by Crippen LogP contribution is -2.16. The van der Waals surface area contributed by atoms with E-state index in [4.69, 9.17) is 0 Å². The normalized spacial score (nSPS) is 12.1. The van der Waals surface area contributed by atoms with Crippen LogP contribution in [0.2, 0.25) is 0 Å². The first-order valence-corrected chi connectivity index (χ1v) is 6.71. The monoisotopic (exact) mass is 263 g/mol. The van der Waals surface area contributed by atoms with E-state index in [9.17, 15) is 4.79 Å². The molecule has 2 rings (SSSR count). The van der Waals surface area contributed by atoms with Crippen molar-refractivity contribution < 1.29 is 4.79 Å². The summed E-state index contributed by atoms with van der Waals surface area (Å²) in [7, 11) is 0. The van der Waals surface area contributed by atoms with Crippen molar-refractivity contribution in [2.75, 3.05) is 5.32 Å². The van der Waals surface area contributed by atoms with Crippen molar-refractivity contribution in [2.24, 2.45) is 0 Å². The van der Waals surface area contributed by atoms with Gasteiger partial charge in [-0.05, 0) is 23.6 Å². The van der Waals surface area contributed by atoms with Gasteiger partial charge >= 0.3 is 0 Å². The Labute approximate surface area is 110 Å². The molecule has 0 aliphatic rings. The first kappa shape index (κ1) is 12.2. The molecule has 0 aliphatic heterocycles. The number of anilines is 1. The lowest BCUT2D eigenvalue weighted by atomic mass is 10.2. The standard InChI is InChI=1S/C13H13NOS2/c15-11(12-7-4-8-17-12)9-13(16)14-10-5-2-1-3-6-10/h1-8,13-14,16H,9H2. The highest BCUT2D eigenvalue weighted by molar-refractivity contribution is 7.81. The molecule has 0 bridgehead atoms. The van der Waals surface area contributed by atoms with Gasteiger partial charge in [0.1, 0.15) is 0 Å². The smallest absolute Gasteiger partial charge is 0.175 e. The number of benzene rings is 1. The van der Waals surface area contributed by atoms with Gasteiger partial charge in [-0.15, -0.1) is 11.3 Å². The van der Waals surface area contributed by atoms with E-state index in [0.717, 1.165) is 10.6 Å². The molecule has 1 heterocycles. The number of hydrogen-bond donors (Lipinski definition) is 2. The third-order valence-corrected chi connectivity index (χ3v) is 3.50. The predicted octanol–water partition coefficient (Wildman–Crippen LogP) is 3.69. The quantitative estimate of drug-likeness (QED) is 0.489. The van der Waals surface area contributed by atoms with Crippen LogP contribution >= 0.6 is 24.0 Å². The number of hydrogen-bond acceptors (Lipinski definition) is 4. The van der Waals surface area contributed by atoms with Crippen LogP contribution in [0.4, 0.5) is 5.69 Å². The Balaban J connectivity index is 1.90. The van der Waals surface area contributed by atoms with Crippen LogP contribution in [0.1, 0.15) is 16.1 Å². The van der Waals surface area contributed by atoms with Gasteiger partial charge in [0.2, 0.25) is 0 Å². The van der Waals surface area contributed by atoms with Crippen LogP contribution in [-0.4, -0.2) is 11.2 Å². The lowest BCUT2D eigenvalue weighted by molar-refractivity contribution is 0.0988. The van der Waals surface area contributed by atoms with Crippen LogP contribution in [0.5, 0.6) is 0 Å². The Morgan fingerprint density at radius 1 is 1.24 bits per heavy atom.